The molecule has 2 aromatic heterocycles. The lowest BCUT2D eigenvalue weighted by molar-refractivity contribution is 0.560. The van der Waals surface area contributed by atoms with Crippen LogP contribution in [0.25, 0.3) is 21.9 Å². The van der Waals surface area contributed by atoms with Crippen molar-refractivity contribution in [2.45, 2.75) is 58.4 Å². The predicted octanol–water partition coefficient (Wildman–Crippen LogP) is 5.52. The lowest BCUT2D eigenvalue weighted by atomic mass is 9.89. The summed E-state index contributed by atoms with van der Waals surface area (Å²) in [4.78, 5) is 24.4. The van der Waals surface area contributed by atoms with Crippen LogP contribution in [-0.4, -0.2) is 4.57 Å². The van der Waals surface area contributed by atoms with E-state index in [1.165, 1.54) is 28.1 Å². The minimum absolute atomic E-state index is 0.174. The van der Waals surface area contributed by atoms with Crippen molar-refractivity contribution in [2.24, 2.45) is 0 Å². The Labute approximate surface area is 181 Å². The molecule has 4 nitrogen and oxygen atoms in total. The van der Waals surface area contributed by atoms with Crippen LogP contribution in [0.1, 0.15) is 61.3 Å². The molecule has 3 heterocycles. The molecule has 1 unspecified atom stereocenters. The second kappa shape index (κ2) is 7.52. The van der Waals surface area contributed by atoms with Gasteiger partial charge in [-0.15, -0.1) is 0 Å². The van der Waals surface area contributed by atoms with Crippen LogP contribution in [0, 0.1) is 0 Å². The van der Waals surface area contributed by atoms with Gasteiger partial charge in [-0.1, -0.05) is 32.9 Å². The molecule has 0 aliphatic carbocycles. The minimum atomic E-state index is -0.322. The number of hydrogen-bond acceptors (Lipinski definition) is 3. The standard InChI is InChI=1S/C27H27NO3/c1-16(2)23-15-22-13-18(12-21-5-4-10-28(26(21)22)27(23)30)11-17(3)19-6-8-24-20(14-19)7-9-25(29)31-24/h6-9,12-17H,4-5,10-11H2,1-3H3. The fraction of sp³-hybridized carbons (Fsp3) is 0.333. The van der Waals surface area contributed by atoms with Crippen LogP contribution < -0.4 is 11.2 Å². The normalized spacial score (nSPS) is 14.5. The highest BCUT2D eigenvalue weighted by atomic mass is 16.4. The summed E-state index contributed by atoms with van der Waals surface area (Å²) in [6.07, 6.45) is 2.95. The molecule has 0 spiro atoms. The summed E-state index contributed by atoms with van der Waals surface area (Å²) in [6, 6.07) is 16.0. The fourth-order valence-corrected chi connectivity index (χ4v) is 4.94. The van der Waals surface area contributed by atoms with Crippen molar-refractivity contribution < 1.29 is 4.42 Å². The van der Waals surface area contributed by atoms with Gasteiger partial charge < -0.3 is 8.98 Å². The van der Waals surface area contributed by atoms with E-state index in [0.717, 1.165) is 42.3 Å². The zero-order valence-electron chi connectivity index (χ0n) is 18.3. The Morgan fingerprint density at radius 2 is 1.81 bits per heavy atom. The van der Waals surface area contributed by atoms with E-state index in [-0.39, 0.29) is 17.1 Å². The molecule has 1 atom stereocenters. The maximum Gasteiger partial charge on any atom is 0.336 e. The van der Waals surface area contributed by atoms with Crippen LogP contribution in [0.5, 0.6) is 0 Å². The van der Waals surface area contributed by atoms with Gasteiger partial charge in [0.05, 0.1) is 5.52 Å². The molecule has 0 bridgehead atoms. The lowest BCUT2D eigenvalue weighted by Gasteiger charge is -2.23. The average Bonchev–Trinajstić information content (AvgIpc) is 2.75. The Hall–Kier alpha value is -3.14. The van der Waals surface area contributed by atoms with Crippen molar-refractivity contribution >= 4 is 21.9 Å². The molecule has 2 aromatic carbocycles. The highest BCUT2D eigenvalue weighted by molar-refractivity contribution is 5.84. The number of nitrogens with zero attached hydrogens (tertiary/aromatic N) is 1. The van der Waals surface area contributed by atoms with Crippen LogP contribution in [0.4, 0.5) is 0 Å². The third-order valence-electron chi connectivity index (χ3n) is 6.56. The van der Waals surface area contributed by atoms with E-state index < -0.39 is 0 Å². The van der Waals surface area contributed by atoms with Crippen LogP contribution in [0.2, 0.25) is 0 Å². The monoisotopic (exact) mass is 413 g/mol. The van der Waals surface area contributed by atoms with Crippen molar-refractivity contribution in [3.63, 3.8) is 0 Å². The zero-order valence-corrected chi connectivity index (χ0v) is 18.3. The average molecular weight is 414 g/mol. The van der Waals surface area contributed by atoms with Crippen molar-refractivity contribution in [3.8, 4) is 0 Å². The number of aromatic nitrogens is 1. The van der Waals surface area contributed by atoms with Gasteiger partial charge in [-0.25, -0.2) is 4.79 Å². The molecular formula is C27H27NO3. The van der Waals surface area contributed by atoms with E-state index in [9.17, 15) is 9.59 Å². The van der Waals surface area contributed by atoms with E-state index in [1.54, 1.807) is 0 Å². The van der Waals surface area contributed by atoms with Gasteiger partial charge >= 0.3 is 5.63 Å². The Bertz CT molecular complexity index is 1420. The van der Waals surface area contributed by atoms with Gasteiger partial charge in [0.25, 0.3) is 5.56 Å². The fourth-order valence-electron chi connectivity index (χ4n) is 4.94. The molecule has 0 amide bonds. The second-order valence-electron chi connectivity index (χ2n) is 9.16. The summed E-state index contributed by atoms with van der Waals surface area (Å²) in [7, 11) is 0. The summed E-state index contributed by atoms with van der Waals surface area (Å²) >= 11 is 0. The Balaban J connectivity index is 1.55. The molecule has 31 heavy (non-hydrogen) atoms. The zero-order chi connectivity index (χ0) is 21.7. The Morgan fingerprint density at radius 3 is 2.61 bits per heavy atom. The first-order valence-corrected chi connectivity index (χ1v) is 11.1. The number of fused-ring (bicyclic) bond motifs is 1. The van der Waals surface area contributed by atoms with E-state index in [1.807, 2.05) is 16.7 Å². The first-order chi connectivity index (χ1) is 14.9. The first-order valence-electron chi connectivity index (χ1n) is 11.1. The van der Waals surface area contributed by atoms with Gasteiger partial charge in [-0.2, -0.15) is 0 Å². The lowest BCUT2D eigenvalue weighted by Crippen LogP contribution is -2.28. The summed E-state index contributed by atoms with van der Waals surface area (Å²) in [5, 5.41) is 2.13. The Kier molecular flexibility index (Phi) is 4.81. The molecule has 0 N–H and O–H groups in total. The predicted molar refractivity (Wildman–Crippen MR) is 125 cm³/mol. The van der Waals surface area contributed by atoms with E-state index in [0.29, 0.717) is 11.5 Å². The first kappa shape index (κ1) is 19.8. The third-order valence-corrected chi connectivity index (χ3v) is 6.56. The van der Waals surface area contributed by atoms with E-state index in [4.69, 9.17) is 4.42 Å². The summed E-state index contributed by atoms with van der Waals surface area (Å²) in [5.41, 5.74) is 6.32. The molecule has 4 heteroatoms. The van der Waals surface area contributed by atoms with Gasteiger partial charge in [0.2, 0.25) is 0 Å². The number of hydrogen-bond donors (Lipinski definition) is 0. The van der Waals surface area contributed by atoms with Crippen LogP contribution in [-0.2, 0) is 19.4 Å². The largest absolute Gasteiger partial charge is 0.423 e. The molecule has 5 rings (SSSR count). The van der Waals surface area contributed by atoms with E-state index >= 15 is 0 Å². The Morgan fingerprint density at radius 1 is 0.968 bits per heavy atom. The molecule has 0 radical (unpaired) electrons. The second-order valence-corrected chi connectivity index (χ2v) is 9.16. The number of aryl methyl sites for hydroxylation is 2. The maximum absolute atomic E-state index is 13.0. The van der Waals surface area contributed by atoms with Crippen molar-refractivity contribution in [2.75, 3.05) is 0 Å². The molecule has 1 aliphatic rings. The van der Waals surface area contributed by atoms with Crippen LogP contribution >= 0.6 is 0 Å². The van der Waals surface area contributed by atoms with E-state index in [2.05, 4.69) is 51.1 Å². The minimum Gasteiger partial charge on any atom is -0.423 e. The topological polar surface area (TPSA) is 52.2 Å². The van der Waals surface area contributed by atoms with Crippen LogP contribution in [0.3, 0.4) is 0 Å². The van der Waals surface area contributed by atoms with Gasteiger partial charge in [0.1, 0.15) is 5.58 Å². The molecule has 158 valence electrons. The third kappa shape index (κ3) is 3.50. The van der Waals surface area contributed by atoms with Crippen molar-refractivity contribution in [1.82, 2.24) is 4.57 Å². The molecular weight excluding hydrogens is 386 g/mol. The van der Waals surface area contributed by atoms with Gasteiger partial charge in [-0.05, 0) is 83.5 Å². The molecule has 4 aromatic rings. The SMILES string of the molecule is CC(C)c1cc2cc(CC(C)c3ccc4oc(=O)ccc4c3)cc3c2n(c1=O)CCC3. The maximum atomic E-state index is 13.0. The highest BCUT2D eigenvalue weighted by Crippen LogP contribution is 2.30. The summed E-state index contributed by atoms with van der Waals surface area (Å²) < 4.78 is 7.26. The van der Waals surface area contributed by atoms with Crippen LogP contribution in [0.15, 0.2) is 62.5 Å². The number of pyridine rings is 1. The number of benzene rings is 2. The van der Waals surface area contributed by atoms with Crippen molar-refractivity contribution in [1.29, 1.82) is 0 Å². The molecule has 1 aliphatic heterocycles. The summed E-state index contributed by atoms with van der Waals surface area (Å²) in [5.74, 6) is 0.534. The van der Waals surface area contributed by atoms with Gasteiger partial charge in [-0.3, -0.25) is 4.79 Å². The highest BCUT2D eigenvalue weighted by Gasteiger charge is 2.19. The van der Waals surface area contributed by atoms with Crippen molar-refractivity contribution in [3.05, 3.63) is 91.6 Å². The summed E-state index contributed by atoms with van der Waals surface area (Å²) in [6.45, 7) is 7.23. The molecule has 0 saturated heterocycles. The number of rotatable bonds is 4. The quantitative estimate of drug-likeness (QED) is 0.414. The molecule has 0 saturated carbocycles. The smallest absolute Gasteiger partial charge is 0.336 e. The van der Waals surface area contributed by atoms with Gasteiger partial charge in [0.15, 0.2) is 0 Å². The molecule has 0 fully saturated rings. The van der Waals surface area contributed by atoms with Gasteiger partial charge in [0, 0.05) is 23.6 Å².